The highest BCUT2D eigenvalue weighted by Gasteiger charge is 2.39. The number of hydrogen-bond acceptors (Lipinski definition) is 5. The maximum atomic E-state index is 12.2. The molecule has 2 amide bonds. The van der Waals surface area contributed by atoms with Crippen molar-refractivity contribution >= 4 is 17.8 Å². The SMILES string of the molecule is COC(=O)C(CC(C)C)ON1C(=O)c2ccccc2C1=O. The normalized spacial score (nSPS) is 15.3. The van der Waals surface area contributed by atoms with Crippen LogP contribution in [0.4, 0.5) is 0 Å². The predicted octanol–water partition coefficient (Wildman–Crippen LogP) is 1.80. The largest absolute Gasteiger partial charge is 0.467 e. The quantitative estimate of drug-likeness (QED) is 0.611. The highest BCUT2D eigenvalue weighted by Crippen LogP contribution is 2.24. The predicted molar refractivity (Wildman–Crippen MR) is 73.3 cm³/mol. The average Bonchev–Trinajstić information content (AvgIpc) is 2.71. The van der Waals surface area contributed by atoms with E-state index in [0.29, 0.717) is 11.5 Å². The number of nitrogens with zero attached hydrogens (tertiary/aromatic N) is 1. The second-order valence-corrected chi connectivity index (χ2v) is 5.20. The van der Waals surface area contributed by atoms with Crippen molar-refractivity contribution in [2.24, 2.45) is 5.92 Å². The Labute approximate surface area is 122 Å². The van der Waals surface area contributed by atoms with Crippen LogP contribution in [0.5, 0.6) is 0 Å². The van der Waals surface area contributed by atoms with Gasteiger partial charge in [-0.1, -0.05) is 26.0 Å². The van der Waals surface area contributed by atoms with Crippen LogP contribution < -0.4 is 0 Å². The summed E-state index contributed by atoms with van der Waals surface area (Å²) in [5.74, 6) is -1.59. The Bertz CT molecular complexity index is 546. The van der Waals surface area contributed by atoms with Gasteiger partial charge in [-0.15, -0.1) is 5.06 Å². The molecule has 6 nitrogen and oxygen atoms in total. The van der Waals surface area contributed by atoms with Gasteiger partial charge in [0, 0.05) is 0 Å². The minimum Gasteiger partial charge on any atom is -0.467 e. The molecule has 1 atom stereocenters. The second kappa shape index (κ2) is 6.05. The molecule has 112 valence electrons. The molecule has 1 unspecified atom stereocenters. The van der Waals surface area contributed by atoms with E-state index in [0.717, 1.165) is 0 Å². The fraction of sp³-hybridized carbons (Fsp3) is 0.400. The minimum absolute atomic E-state index is 0.143. The molecule has 0 aromatic heterocycles. The molecular weight excluding hydrogens is 274 g/mol. The maximum Gasteiger partial charge on any atom is 0.337 e. The number of methoxy groups -OCH3 is 1. The van der Waals surface area contributed by atoms with Crippen LogP contribution in [0.25, 0.3) is 0 Å². The number of rotatable bonds is 5. The van der Waals surface area contributed by atoms with Crippen LogP contribution in [0.3, 0.4) is 0 Å². The Morgan fingerprint density at radius 2 is 1.67 bits per heavy atom. The van der Waals surface area contributed by atoms with Gasteiger partial charge in [-0.3, -0.25) is 9.59 Å². The highest BCUT2D eigenvalue weighted by molar-refractivity contribution is 6.20. The summed E-state index contributed by atoms with van der Waals surface area (Å²) in [7, 11) is 1.24. The first-order chi connectivity index (χ1) is 9.95. The van der Waals surface area contributed by atoms with Crippen molar-refractivity contribution in [3.8, 4) is 0 Å². The van der Waals surface area contributed by atoms with Gasteiger partial charge in [0.2, 0.25) is 0 Å². The maximum absolute atomic E-state index is 12.2. The molecule has 0 spiro atoms. The lowest BCUT2D eigenvalue weighted by molar-refractivity contribution is -0.180. The van der Waals surface area contributed by atoms with Crippen LogP contribution in [0, 0.1) is 5.92 Å². The molecule has 1 aliphatic heterocycles. The summed E-state index contributed by atoms with van der Waals surface area (Å²) >= 11 is 0. The number of carbonyl (C=O) groups is 3. The Morgan fingerprint density at radius 1 is 1.14 bits per heavy atom. The van der Waals surface area contributed by atoms with Gasteiger partial charge in [0.05, 0.1) is 18.2 Å². The summed E-state index contributed by atoms with van der Waals surface area (Å²) in [6, 6.07) is 6.43. The van der Waals surface area contributed by atoms with Crippen molar-refractivity contribution < 1.29 is 24.0 Å². The van der Waals surface area contributed by atoms with E-state index in [4.69, 9.17) is 4.84 Å². The monoisotopic (exact) mass is 291 g/mol. The molecule has 0 radical (unpaired) electrons. The summed E-state index contributed by atoms with van der Waals surface area (Å²) < 4.78 is 4.66. The zero-order valence-electron chi connectivity index (χ0n) is 12.2. The van der Waals surface area contributed by atoms with Crippen LogP contribution >= 0.6 is 0 Å². The van der Waals surface area contributed by atoms with E-state index in [1.807, 2.05) is 13.8 Å². The molecule has 6 heteroatoms. The van der Waals surface area contributed by atoms with Crippen LogP contribution in [0.15, 0.2) is 24.3 Å². The van der Waals surface area contributed by atoms with Gasteiger partial charge >= 0.3 is 5.97 Å². The van der Waals surface area contributed by atoms with Gasteiger partial charge in [0.25, 0.3) is 11.8 Å². The molecule has 1 aliphatic rings. The third-order valence-corrected chi connectivity index (χ3v) is 3.14. The number of fused-ring (bicyclic) bond motifs is 1. The fourth-order valence-electron chi connectivity index (χ4n) is 2.13. The third kappa shape index (κ3) is 2.95. The van der Waals surface area contributed by atoms with E-state index in [1.165, 1.54) is 7.11 Å². The van der Waals surface area contributed by atoms with Crippen LogP contribution in [0.1, 0.15) is 41.0 Å². The smallest absolute Gasteiger partial charge is 0.337 e. The van der Waals surface area contributed by atoms with E-state index in [-0.39, 0.29) is 17.0 Å². The summed E-state index contributed by atoms with van der Waals surface area (Å²) in [6.45, 7) is 3.81. The molecule has 1 heterocycles. The Morgan fingerprint density at radius 3 is 2.10 bits per heavy atom. The fourth-order valence-corrected chi connectivity index (χ4v) is 2.13. The van der Waals surface area contributed by atoms with E-state index < -0.39 is 23.9 Å². The lowest BCUT2D eigenvalue weighted by atomic mass is 10.1. The van der Waals surface area contributed by atoms with Gasteiger partial charge in [-0.05, 0) is 24.5 Å². The average molecular weight is 291 g/mol. The van der Waals surface area contributed by atoms with Crippen LogP contribution in [0.2, 0.25) is 0 Å². The van der Waals surface area contributed by atoms with Crippen molar-refractivity contribution in [1.82, 2.24) is 5.06 Å². The molecule has 0 saturated carbocycles. The number of imide groups is 1. The van der Waals surface area contributed by atoms with Crippen molar-refractivity contribution in [1.29, 1.82) is 0 Å². The number of hydrogen-bond donors (Lipinski definition) is 0. The molecular formula is C15H17NO5. The molecule has 0 N–H and O–H groups in total. The Hall–Kier alpha value is -2.21. The number of hydroxylamine groups is 2. The highest BCUT2D eigenvalue weighted by atomic mass is 16.7. The van der Waals surface area contributed by atoms with E-state index in [9.17, 15) is 14.4 Å². The molecule has 0 saturated heterocycles. The molecule has 0 bridgehead atoms. The van der Waals surface area contributed by atoms with Crippen LogP contribution in [-0.2, 0) is 14.4 Å². The number of esters is 1. The van der Waals surface area contributed by atoms with E-state index in [2.05, 4.69) is 4.74 Å². The summed E-state index contributed by atoms with van der Waals surface area (Å²) in [5.41, 5.74) is 0.548. The second-order valence-electron chi connectivity index (χ2n) is 5.20. The van der Waals surface area contributed by atoms with E-state index >= 15 is 0 Å². The molecule has 0 fully saturated rings. The summed E-state index contributed by atoms with van der Waals surface area (Å²) in [4.78, 5) is 41.4. The first-order valence-electron chi connectivity index (χ1n) is 6.68. The number of carbonyl (C=O) groups excluding carboxylic acids is 3. The minimum atomic E-state index is -0.989. The van der Waals surface area contributed by atoms with Gasteiger partial charge in [0.1, 0.15) is 0 Å². The first-order valence-corrected chi connectivity index (χ1v) is 6.68. The number of benzene rings is 1. The van der Waals surface area contributed by atoms with Gasteiger partial charge in [-0.25, -0.2) is 9.63 Å². The lowest BCUT2D eigenvalue weighted by Gasteiger charge is -2.21. The van der Waals surface area contributed by atoms with Gasteiger partial charge in [0.15, 0.2) is 6.10 Å². The van der Waals surface area contributed by atoms with Gasteiger partial charge in [-0.2, -0.15) is 0 Å². The first kappa shape index (κ1) is 15.2. The molecule has 0 aliphatic carbocycles. The Balaban J connectivity index is 2.21. The van der Waals surface area contributed by atoms with Gasteiger partial charge < -0.3 is 4.74 Å². The molecule has 1 aromatic rings. The number of amides is 2. The lowest BCUT2D eigenvalue weighted by Crippen LogP contribution is -2.39. The molecule has 21 heavy (non-hydrogen) atoms. The zero-order chi connectivity index (χ0) is 15.6. The third-order valence-electron chi connectivity index (χ3n) is 3.14. The topological polar surface area (TPSA) is 72.9 Å². The van der Waals surface area contributed by atoms with Crippen molar-refractivity contribution in [3.63, 3.8) is 0 Å². The molecule has 2 rings (SSSR count). The van der Waals surface area contributed by atoms with Crippen LogP contribution in [-0.4, -0.2) is 36.1 Å². The standard InChI is InChI=1S/C15H17NO5/c1-9(2)8-12(15(19)20-3)21-16-13(17)10-6-4-5-7-11(10)14(16)18/h4-7,9,12H,8H2,1-3H3. The van der Waals surface area contributed by atoms with Crippen molar-refractivity contribution in [2.45, 2.75) is 26.4 Å². The summed E-state index contributed by atoms with van der Waals surface area (Å²) in [5, 5.41) is 0.647. The van der Waals surface area contributed by atoms with E-state index in [1.54, 1.807) is 24.3 Å². The van der Waals surface area contributed by atoms with Crippen molar-refractivity contribution in [2.75, 3.05) is 7.11 Å². The molecule has 1 aromatic carbocycles. The summed E-state index contributed by atoms with van der Waals surface area (Å²) in [6.07, 6.45) is -0.641. The Kier molecular flexibility index (Phi) is 4.37. The van der Waals surface area contributed by atoms with Crippen molar-refractivity contribution in [3.05, 3.63) is 35.4 Å². The zero-order valence-corrected chi connectivity index (χ0v) is 12.2. The number of ether oxygens (including phenoxy) is 1.